The van der Waals surface area contributed by atoms with Gasteiger partial charge in [-0.05, 0) is 0 Å². The molecule has 1 rings (SSSR count). The minimum absolute atomic E-state index is 0.0560. The zero-order valence-corrected chi connectivity index (χ0v) is 11.2. The van der Waals surface area contributed by atoms with Crippen molar-refractivity contribution in [3.63, 3.8) is 0 Å². The average Bonchev–Trinajstić information content (AvgIpc) is 2.12. The molecule has 18 heavy (non-hydrogen) atoms. The Hall–Kier alpha value is -1.37. The molecule has 0 aliphatic carbocycles. The summed E-state index contributed by atoms with van der Waals surface area (Å²) in [4.78, 5) is 45.5. The second kappa shape index (κ2) is 5.51. The number of esters is 2. The Labute approximate surface area is 108 Å². The Kier molecular flexibility index (Phi) is 4.50. The summed E-state index contributed by atoms with van der Waals surface area (Å²) in [6.45, 7) is 4.20. The number of cyclic esters (lactones) is 2. The molecule has 1 fully saturated rings. The molecule has 7 heteroatoms. The Morgan fingerprint density at radius 1 is 1.22 bits per heavy atom. The third-order valence-electron chi connectivity index (χ3n) is 2.14. The van der Waals surface area contributed by atoms with E-state index in [9.17, 15) is 19.2 Å². The van der Waals surface area contributed by atoms with Crippen molar-refractivity contribution in [2.24, 2.45) is 5.92 Å². The van der Waals surface area contributed by atoms with Crippen LogP contribution >= 0.6 is 11.8 Å². The van der Waals surface area contributed by atoms with Crippen LogP contribution in [0.4, 0.5) is 0 Å². The van der Waals surface area contributed by atoms with Gasteiger partial charge in [-0.25, -0.2) is 0 Å². The van der Waals surface area contributed by atoms with E-state index >= 15 is 0 Å². The van der Waals surface area contributed by atoms with Gasteiger partial charge in [-0.2, -0.15) is 0 Å². The normalized spacial score (nSPS) is 19.1. The van der Waals surface area contributed by atoms with Crippen LogP contribution in [0, 0.1) is 5.92 Å². The van der Waals surface area contributed by atoms with Gasteiger partial charge in [0.25, 0.3) is 5.79 Å². The average molecular weight is 274 g/mol. The van der Waals surface area contributed by atoms with Gasteiger partial charge in [-0.1, -0.05) is 11.8 Å². The predicted octanol–water partition coefficient (Wildman–Crippen LogP) is 0.678. The summed E-state index contributed by atoms with van der Waals surface area (Å²) in [7, 11) is 0. The van der Waals surface area contributed by atoms with Crippen LogP contribution < -0.4 is 0 Å². The smallest absolute Gasteiger partial charge is 0.331 e. The molecule has 1 aliphatic rings. The van der Waals surface area contributed by atoms with Crippen molar-refractivity contribution in [1.29, 1.82) is 0 Å². The number of ketones is 1. The lowest BCUT2D eigenvalue weighted by Gasteiger charge is -2.32. The summed E-state index contributed by atoms with van der Waals surface area (Å²) < 4.78 is 9.66. The molecule has 1 saturated heterocycles. The molecule has 0 spiro atoms. The highest BCUT2D eigenvalue weighted by atomic mass is 32.2. The second-order valence-corrected chi connectivity index (χ2v) is 5.50. The van der Waals surface area contributed by atoms with Gasteiger partial charge in [0.2, 0.25) is 5.92 Å². The van der Waals surface area contributed by atoms with E-state index in [4.69, 9.17) is 9.47 Å². The molecule has 0 amide bonds. The van der Waals surface area contributed by atoms with Gasteiger partial charge in [0.1, 0.15) is 0 Å². The van der Waals surface area contributed by atoms with Crippen LogP contribution in [0.2, 0.25) is 0 Å². The van der Waals surface area contributed by atoms with Crippen LogP contribution in [0.5, 0.6) is 0 Å². The zero-order chi connectivity index (χ0) is 13.9. The van der Waals surface area contributed by atoms with Crippen LogP contribution in [-0.2, 0) is 28.7 Å². The lowest BCUT2D eigenvalue weighted by atomic mass is 10.0. The summed E-state index contributed by atoms with van der Waals surface area (Å²) in [5, 5.41) is -0.127. The topological polar surface area (TPSA) is 86.7 Å². The van der Waals surface area contributed by atoms with Crippen LogP contribution in [0.1, 0.15) is 27.2 Å². The first-order valence-corrected chi connectivity index (χ1v) is 6.33. The number of hydrogen-bond acceptors (Lipinski definition) is 7. The van der Waals surface area contributed by atoms with Crippen molar-refractivity contribution >= 4 is 34.6 Å². The SMILES string of the molecule is CC(=O)SCCC(=O)C1C(=O)OC(C)(C)OC1=O. The maximum Gasteiger partial charge on any atom is 0.331 e. The molecule has 6 nitrogen and oxygen atoms in total. The minimum Gasteiger partial charge on any atom is -0.422 e. The molecule has 0 saturated carbocycles. The third-order valence-corrected chi connectivity index (χ3v) is 2.95. The zero-order valence-electron chi connectivity index (χ0n) is 10.3. The van der Waals surface area contributed by atoms with Crippen molar-refractivity contribution < 1.29 is 28.7 Å². The summed E-state index contributed by atoms with van der Waals surface area (Å²) in [6, 6.07) is 0. The molecule has 1 aliphatic heterocycles. The number of hydrogen-bond donors (Lipinski definition) is 0. The molecule has 0 aromatic rings. The molecular weight excluding hydrogens is 260 g/mol. The van der Waals surface area contributed by atoms with E-state index in [0.717, 1.165) is 11.8 Å². The van der Waals surface area contributed by atoms with E-state index in [0.29, 0.717) is 0 Å². The number of rotatable bonds is 4. The van der Waals surface area contributed by atoms with E-state index in [1.165, 1.54) is 20.8 Å². The number of carbonyl (C=O) groups excluding carboxylic acids is 4. The minimum atomic E-state index is -1.52. The molecule has 0 radical (unpaired) electrons. The van der Waals surface area contributed by atoms with Crippen molar-refractivity contribution in [1.82, 2.24) is 0 Å². The van der Waals surface area contributed by atoms with Crippen molar-refractivity contribution in [2.75, 3.05) is 5.75 Å². The van der Waals surface area contributed by atoms with E-state index < -0.39 is 29.4 Å². The maximum atomic E-state index is 11.7. The highest BCUT2D eigenvalue weighted by Gasteiger charge is 2.46. The van der Waals surface area contributed by atoms with E-state index in [1.807, 2.05) is 0 Å². The van der Waals surface area contributed by atoms with Crippen molar-refractivity contribution in [3.8, 4) is 0 Å². The summed E-state index contributed by atoms with van der Waals surface area (Å²) in [6.07, 6.45) is -0.0560. The Bertz CT molecular complexity index is 380. The Balaban J connectivity index is 2.60. The van der Waals surface area contributed by atoms with Gasteiger partial charge in [-0.15, -0.1) is 0 Å². The van der Waals surface area contributed by atoms with Gasteiger partial charge < -0.3 is 9.47 Å². The molecule has 0 bridgehead atoms. The molecule has 0 unspecified atom stereocenters. The number of thioether (sulfide) groups is 1. The number of Topliss-reactive ketones (excluding diaryl/α,β-unsaturated/α-hetero) is 1. The Morgan fingerprint density at radius 3 is 2.17 bits per heavy atom. The van der Waals surface area contributed by atoms with Crippen LogP contribution in [0.25, 0.3) is 0 Å². The highest BCUT2D eigenvalue weighted by Crippen LogP contribution is 2.24. The molecular formula is C11H14O6S. The standard InChI is InChI=1S/C11H14O6S/c1-6(12)18-5-4-7(13)8-9(14)16-11(2,3)17-10(8)15/h8H,4-5H2,1-3H3. The van der Waals surface area contributed by atoms with E-state index in [2.05, 4.69) is 0 Å². The molecule has 0 aromatic heterocycles. The molecule has 1 heterocycles. The van der Waals surface area contributed by atoms with Gasteiger partial charge >= 0.3 is 11.9 Å². The van der Waals surface area contributed by atoms with Crippen LogP contribution in [0.3, 0.4) is 0 Å². The van der Waals surface area contributed by atoms with Crippen LogP contribution in [-0.4, -0.2) is 34.4 Å². The Morgan fingerprint density at radius 2 is 1.72 bits per heavy atom. The third kappa shape index (κ3) is 3.83. The lowest BCUT2D eigenvalue weighted by molar-refractivity contribution is -0.238. The molecule has 100 valence electrons. The van der Waals surface area contributed by atoms with Gasteiger partial charge in [-0.3, -0.25) is 19.2 Å². The maximum absolute atomic E-state index is 11.7. The largest absolute Gasteiger partial charge is 0.422 e. The number of ether oxygens (including phenoxy) is 2. The fourth-order valence-corrected chi connectivity index (χ4v) is 2.01. The first-order chi connectivity index (χ1) is 8.23. The second-order valence-electron chi connectivity index (χ2n) is 4.23. The van der Waals surface area contributed by atoms with E-state index in [-0.39, 0.29) is 17.3 Å². The van der Waals surface area contributed by atoms with Gasteiger partial charge in [0.05, 0.1) is 0 Å². The van der Waals surface area contributed by atoms with Gasteiger partial charge in [0, 0.05) is 32.9 Å². The van der Waals surface area contributed by atoms with Crippen molar-refractivity contribution in [3.05, 3.63) is 0 Å². The fraction of sp³-hybridized carbons (Fsp3) is 0.636. The quantitative estimate of drug-likeness (QED) is 0.550. The molecule has 0 atom stereocenters. The summed E-state index contributed by atoms with van der Waals surface area (Å²) in [5.41, 5.74) is 0. The summed E-state index contributed by atoms with van der Waals surface area (Å²) >= 11 is 0.962. The fourth-order valence-electron chi connectivity index (χ4n) is 1.42. The first-order valence-electron chi connectivity index (χ1n) is 5.35. The number of carbonyl (C=O) groups is 4. The molecule has 0 aromatic carbocycles. The predicted molar refractivity (Wildman–Crippen MR) is 62.5 cm³/mol. The summed E-state index contributed by atoms with van der Waals surface area (Å²) in [5.74, 6) is -5.00. The van der Waals surface area contributed by atoms with E-state index in [1.54, 1.807) is 0 Å². The highest BCUT2D eigenvalue weighted by molar-refractivity contribution is 8.13. The van der Waals surface area contributed by atoms with Crippen molar-refractivity contribution in [2.45, 2.75) is 33.0 Å². The monoisotopic (exact) mass is 274 g/mol. The van der Waals surface area contributed by atoms with Gasteiger partial charge in [0.15, 0.2) is 10.9 Å². The molecule has 0 N–H and O–H groups in total. The first kappa shape index (κ1) is 14.7. The lowest BCUT2D eigenvalue weighted by Crippen LogP contribution is -2.49. The van der Waals surface area contributed by atoms with Crippen LogP contribution in [0.15, 0.2) is 0 Å².